The van der Waals surface area contributed by atoms with E-state index in [1.54, 1.807) is 31.5 Å². The summed E-state index contributed by atoms with van der Waals surface area (Å²) in [5, 5.41) is 0. The number of anilines is 1. The number of rotatable bonds is 5. The van der Waals surface area contributed by atoms with E-state index in [0.29, 0.717) is 28.6 Å². The second-order valence-electron chi connectivity index (χ2n) is 4.19. The van der Waals surface area contributed by atoms with Crippen LogP contribution in [0.4, 0.5) is 5.69 Å². The van der Waals surface area contributed by atoms with Crippen molar-refractivity contribution in [1.29, 1.82) is 0 Å². The number of benzene rings is 1. The summed E-state index contributed by atoms with van der Waals surface area (Å²) in [5.74, 6) is 0.912. The zero-order valence-corrected chi connectivity index (χ0v) is 11.9. The van der Waals surface area contributed by atoms with E-state index in [2.05, 4.69) is 0 Å². The highest BCUT2D eigenvalue weighted by Gasteiger charge is 2.10. The van der Waals surface area contributed by atoms with Gasteiger partial charge in [0.25, 0.3) is 5.56 Å². The van der Waals surface area contributed by atoms with Gasteiger partial charge in [-0.05, 0) is 18.2 Å². The molecule has 2 aromatic rings. The Kier molecular flexibility index (Phi) is 4.57. The van der Waals surface area contributed by atoms with Gasteiger partial charge in [0.05, 0.1) is 22.8 Å². The fourth-order valence-corrected chi connectivity index (χ4v) is 3.01. The fraction of sp³-hybridized carbons (Fsp3) is 0.214. The summed E-state index contributed by atoms with van der Waals surface area (Å²) in [5.41, 5.74) is 5.99. The Morgan fingerprint density at radius 2 is 2.00 bits per heavy atom. The molecule has 106 valence electrons. The van der Waals surface area contributed by atoms with E-state index in [-0.39, 0.29) is 5.56 Å². The molecule has 5 nitrogen and oxygen atoms in total. The lowest BCUT2D eigenvalue weighted by Crippen LogP contribution is -2.22. The Morgan fingerprint density at radius 1 is 1.25 bits per heavy atom. The van der Waals surface area contributed by atoms with Crippen LogP contribution in [-0.4, -0.2) is 21.6 Å². The van der Waals surface area contributed by atoms with E-state index in [4.69, 9.17) is 10.5 Å². The van der Waals surface area contributed by atoms with E-state index in [1.165, 1.54) is 10.6 Å². The highest BCUT2D eigenvalue weighted by Crippen LogP contribution is 2.21. The SMILES string of the molecule is COc1ccccc1S(=O)CCn1cc(N)ccc1=O. The maximum atomic E-state index is 12.3. The lowest BCUT2D eigenvalue weighted by atomic mass is 10.3. The number of nitrogens with zero attached hydrogens (tertiary/aromatic N) is 1. The second kappa shape index (κ2) is 6.38. The lowest BCUT2D eigenvalue weighted by Gasteiger charge is -2.09. The predicted octanol–water partition coefficient (Wildman–Crippen LogP) is 1.25. The molecule has 0 aliphatic heterocycles. The van der Waals surface area contributed by atoms with Crippen LogP contribution in [-0.2, 0) is 17.3 Å². The summed E-state index contributed by atoms with van der Waals surface area (Å²) in [4.78, 5) is 12.3. The van der Waals surface area contributed by atoms with Gasteiger partial charge in [0.1, 0.15) is 5.75 Å². The average Bonchev–Trinajstić information content (AvgIpc) is 2.47. The van der Waals surface area contributed by atoms with E-state index < -0.39 is 10.8 Å². The summed E-state index contributed by atoms with van der Waals surface area (Å²) in [7, 11) is 0.304. The van der Waals surface area contributed by atoms with Crippen LogP contribution in [0.3, 0.4) is 0 Å². The minimum Gasteiger partial charge on any atom is -0.495 e. The van der Waals surface area contributed by atoms with Crippen LogP contribution < -0.4 is 16.0 Å². The monoisotopic (exact) mass is 292 g/mol. The number of hydrogen-bond acceptors (Lipinski definition) is 4. The maximum Gasteiger partial charge on any atom is 0.250 e. The van der Waals surface area contributed by atoms with Gasteiger partial charge < -0.3 is 15.0 Å². The molecule has 1 atom stereocenters. The molecule has 2 N–H and O–H groups in total. The first kappa shape index (κ1) is 14.3. The van der Waals surface area contributed by atoms with Gasteiger partial charge in [0.2, 0.25) is 0 Å². The summed E-state index contributed by atoms with van der Waals surface area (Å²) in [6, 6.07) is 10.1. The highest BCUT2D eigenvalue weighted by molar-refractivity contribution is 7.85. The van der Waals surface area contributed by atoms with E-state index in [9.17, 15) is 9.00 Å². The molecule has 0 amide bonds. The molecule has 1 unspecified atom stereocenters. The number of aryl methyl sites for hydroxylation is 1. The number of hydrogen-bond donors (Lipinski definition) is 1. The summed E-state index contributed by atoms with van der Waals surface area (Å²) < 4.78 is 18.9. The maximum absolute atomic E-state index is 12.3. The van der Waals surface area contributed by atoms with Gasteiger partial charge in [-0.3, -0.25) is 9.00 Å². The molecule has 0 radical (unpaired) electrons. The summed E-state index contributed by atoms with van der Waals surface area (Å²) in [6.45, 7) is 0.342. The Morgan fingerprint density at radius 3 is 2.75 bits per heavy atom. The topological polar surface area (TPSA) is 74.3 Å². The van der Waals surface area contributed by atoms with Crippen LogP contribution in [0.25, 0.3) is 0 Å². The Balaban J connectivity index is 2.13. The number of nitrogens with two attached hydrogens (primary N) is 1. The highest BCUT2D eigenvalue weighted by atomic mass is 32.2. The van der Waals surface area contributed by atoms with Crippen LogP contribution in [0.5, 0.6) is 5.75 Å². The van der Waals surface area contributed by atoms with Crippen LogP contribution >= 0.6 is 0 Å². The average molecular weight is 292 g/mol. The molecule has 0 aliphatic carbocycles. The van der Waals surface area contributed by atoms with Gasteiger partial charge in [-0.2, -0.15) is 0 Å². The summed E-state index contributed by atoms with van der Waals surface area (Å²) >= 11 is 0. The molecule has 0 saturated heterocycles. The van der Waals surface area contributed by atoms with E-state index in [0.717, 1.165) is 0 Å². The van der Waals surface area contributed by atoms with Gasteiger partial charge >= 0.3 is 0 Å². The van der Waals surface area contributed by atoms with Crippen molar-refractivity contribution < 1.29 is 8.95 Å². The third-order valence-electron chi connectivity index (χ3n) is 2.84. The van der Waals surface area contributed by atoms with E-state index in [1.807, 2.05) is 12.1 Å². The standard InChI is InChI=1S/C14H16N2O3S/c1-19-12-4-2-3-5-13(12)20(18)9-8-16-10-11(15)6-7-14(16)17/h2-7,10H,8-9,15H2,1H3. The van der Waals surface area contributed by atoms with Crippen molar-refractivity contribution in [2.24, 2.45) is 0 Å². The number of para-hydroxylation sites is 1. The fourth-order valence-electron chi connectivity index (χ4n) is 1.82. The first-order chi connectivity index (χ1) is 9.61. The van der Waals surface area contributed by atoms with Crippen molar-refractivity contribution in [2.75, 3.05) is 18.6 Å². The molecule has 2 rings (SSSR count). The minimum absolute atomic E-state index is 0.156. The van der Waals surface area contributed by atoms with Gasteiger partial charge in [-0.25, -0.2) is 0 Å². The van der Waals surface area contributed by atoms with Crippen molar-refractivity contribution in [3.8, 4) is 5.75 Å². The number of nitrogen functional groups attached to an aromatic ring is 1. The zero-order valence-electron chi connectivity index (χ0n) is 11.1. The van der Waals surface area contributed by atoms with Crippen LogP contribution in [0.2, 0.25) is 0 Å². The van der Waals surface area contributed by atoms with E-state index >= 15 is 0 Å². The van der Waals surface area contributed by atoms with Crippen LogP contribution in [0.15, 0.2) is 52.3 Å². The molecule has 1 heterocycles. The molecule has 0 aliphatic rings. The number of methoxy groups -OCH3 is 1. The predicted molar refractivity (Wildman–Crippen MR) is 79.4 cm³/mol. The van der Waals surface area contributed by atoms with Crippen LogP contribution in [0.1, 0.15) is 0 Å². The molecule has 0 bridgehead atoms. The first-order valence-electron chi connectivity index (χ1n) is 6.09. The molecule has 0 spiro atoms. The van der Waals surface area contributed by atoms with Crippen molar-refractivity contribution in [3.05, 3.63) is 52.9 Å². The summed E-state index contributed by atoms with van der Waals surface area (Å²) in [6.07, 6.45) is 1.56. The molecule has 1 aromatic heterocycles. The number of aromatic nitrogens is 1. The molecular formula is C14H16N2O3S. The molecule has 1 aromatic carbocycles. The normalized spacial score (nSPS) is 12.1. The van der Waals surface area contributed by atoms with Crippen molar-refractivity contribution in [3.63, 3.8) is 0 Å². The Bertz CT molecular complexity index is 682. The molecule has 6 heteroatoms. The van der Waals surface area contributed by atoms with Gasteiger partial charge in [0.15, 0.2) is 0 Å². The van der Waals surface area contributed by atoms with Crippen molar-refractivity contribution >= 4 is 16.5 Å². The van der Waals surface area contributed by atoms with Crippen molar-refractivity contribution in [2.45, 2.75) is 11.4 Å². The van der Waals surface area contributed by atoms with Gasteiger partial charge in [-0.1, -0.05) is 12.1 Å². The van der Waals surface area contributed by atoms with Crippen molar-refractivity contribution in [1.82, 2.24) is 4.57 Å². The first-order valence-corrected chi connectivity index (χ1v) is 7.41. The molecule has 0 fully saturated rings. The largest absolute Gasteiger partial charge is 0.495 e. The number of pyridine rings is 1. The Hall–Kier alpha value is -2.08. The minimum atomic E-state index is -1.24. The molecular weight excluding hydrogens is 276 g/mol. The third-order valence-corrected chi connectivity index (χ3v) is 4.22. The van der Waals surface area contributed by atoms with Gasteiger partial charge in [0, 0.05) is 30.2 Å². The lowest BCUT2D eigenvalue weighted by molar-refractivity contribution is 0.404. The van der Waals surface area contributed by atoms with Crippen LogP contribution in [0, 0.1) is 0 Å². The third kappa shape index (κ3) is 3.27. The quantitative estimate of drug-likeness (QED) is 0.900. The van der Waals surface area contributed by atoms with Gasteiger partial charge in [-0.15, -0.1) is 0 Å². The second-order valence-corrected chi connectivity index (χ2v) is 5.73. The smallest absolute Gasteiger partial charge is 0.250 e. The molecule has 0 saturated carbocycles. The Labute approximate surface area is 119 Å². The number of ether oxygens (including phenoxy) is 1. The zero-order chi connectivity index (χ0) is 14.5. The molecule has 20 heavy (non-hydrogen) atoms.